The van der Waals surface area contributed by atoms with Gasteiger partial charge in [0.1, 0.15) is 0 Å². The summed E-state index contributed by atoms with van der Waals surface area (Å²) in [5.41, 5.74) is 0.789. The largest absolute Gasteiger partial charge is 0.352 e. The summed E-state index contributed by atoms with van der Waals surface area (Å²) in [7, 11) is 1.40. The lowest BCUT2D eigenvalue weighted by atomic mass is 10.4. The van der Waals surface area contributed by atoms with Gasteiger partial charge in [0.15, 0.2) is 9.03 Å². The second kappa shape index (κ2) is 12.0. The van der Waals surface area contributed by atoms with Crippen LogP contribution < -0.4 is 4.90 Å². The molecule has 1 aromatic heterocycles. The summed E-state index contributed by atoms with van der Waals surface area (Å²) >= 11 is 0. The lowest BCUT2D eigenvalue weighted by Crippen LogP contribution is -2.23. The highest BCUT2D eigenvalue weighted by atomic mass is 31.1. The molecule has 1 N–H and O–H groups in total. The van der Waals surface area contributed by atoms with E-state index in [9.17, 15) is 0 Å². The first kappa shape index (κ1) is 18.0. The summed E-state index contributed by atoms with van der Waals surface area (Å²) in [6.45, 7) is 9.09. The van der Waals surface area contributed by atoms with Crippen molar-refractivity contribution in [1.82, 2.24) is 9.97 Å². The van der Waals surface area contributed by atoms with E-state index in [1.807, 2.05) is 11.9 Å². The zero-order valence-electron chi connectivity index (χ0n) is 12.0. The third kappa shape index (κ3) is 8.65. The van der Waals surface area contributed by atoms with Crippen LogP contribution >= 0.6 is 9.03 Å². The Morgan fingerprint density at radius 2 is 2.16 bits per heavy atom. The van der Waals surface area contributed by atoms with Crippen LogP contribution in [-0.4, -0.2) is 35.1 Å². The zero-order chi connectivity index (χ0) is 14.5. The molecular weight excluding hydrogens is 261 g/mol. The Morgan fingerprint density at radius 1 is 1.47 bits per heavy atom. The predicted molar refractivity (Wildman–Crippen MR) is 82.5 cm³/mol. The van der Waals surface area contributed by atoms with Crippen molar-refractivity contribution < 1.29 is 9.42 Å². The van der Waals surface area contributed by atoms with E-state index in [1.165, 1.54) is 12.8 Å². The van der Waals surface area contributed by atoms with Gasteiger partial charge in [0, 0.05) is 19.8 Å². The fourth-order valence-electron chi connectivity index (χ4n) is 0.988. The smallest absolute Gasteiger partial charge is 0.225 e. The number of nitrogens with zero attached hydrogens (tertiary/aromatic N) is 3. The van der Waals surface area contributed by atoms with E-state index < -0.39 is 9.03 Å². The summed E-state index contributed by atoms with van der Waals surface area (Å²) in [4.78, 5) is 18.7. The number of rotatable bonds is 7. The molecule has 0 bridgehead atoms. The summed E-state index contributed by atoms with van der Waals surface area (Å²) in [5, 5.41) is 0. The van der Waals surface area contributed by atoms with E-state index in [4.69, 9.17) is 9.42 Å². The summed E-state index contributed by atoms with van der Waals surface area (Å²) in [5.74, 6) is 0.622. The highest BCUT2D eigenvalue weighted by Gasteiger charge is 2.03. The first-order chi connectivity index (χ1) is 9.19. The molecule has 0 saturated carbocycles. The topological polar surface area (TPSA) is 58.5 Å². The molecule has 5 nitrogen and oxygen atoms in total. The Labute approximate surface area is 117 Å². The van der Waals surface area contributed by atoms with Crippen LogP contribution in [0.15, 0.2) is 18.8 Å². The van der Waals surface area contributed by atoms with E-state index in [-0.39, 0.29) is 0 Å². The van der Waals surface area contributed by atoms with Gasteiger partial charge in [-0.25, -0.2) is 9.97 Å². The summed E-state index contributed by atoms with van der Waals surface area (Å²) in [6, 6.07) is 1.79. The van der Waals surface area contributed by atoms with Gasteiger partial charge in [-0.2, -0.15) is 0 Å². The zero-order valence-corrected chi connectivity index (χ0v) is 13.0. The van der Waals surface area contributed by atoms with Gasteiger partial charge in [0.05, 0.1) is 12.3 Å². The van der Waals surface area contributed by atoms with E-state index in [2.05, 4.69) is 30.4 Å². The number of hydrogen-bond acceptors (Lipinski definition) is 5. The van der Waals surface area contributed by atoms with Crippen LogP contribution in [0.25, 0.3) is 6.08 Å². The molecule has 0 aliphatic rings. The van der Waals surface area contributed by atoms with Crippen LogP contribution in [-0.2, 0) is 4.52 Å². The molecule has 0 aliphatic heterocycles. The molecule has 0 aromatic carbocycles. The molecule has 0 radical (unpaired) electrons. The first-order valence-electron chi connectivity index (χ1n) is 6.37. The van der Waals surface area contributed by atoms with Gasteiger partial charge in [-0.3, -0.25) is 0 Å². The highest BCUT2D eigenvalue weighted by Crippen LogP contribution is 2.07. The highest BCUT2D eigenvalue weighted by molar-refractivity contribution is 7.24. The normalized spacial score (nSPS) is 10.1. The van der Waals surface area contributed by atoms with Crippen molar-refractivity contribution in [2.75, 3.05) is 25.1 Å². The van der Waals surface area contributed by atoms with E-state index in [1.54, 1.807) is 18.3 Å². The summed E-state index contributed by atoms with van der Waals surface area (Å²) < 4.78 is 4.85. The van der Waals surface area contributed by atoms with Crippen molar-refractivity contribution in [1.29, 1.82) is 0 Å². The molecule has 6 heteroatoms. The number of aromatic nitrogens is 2. The second-order valence-corrected chi connectivity index (χ2v) is 4.32. The summed E-state index contributed by atoms with van der Waals surface area (Å²) in [6.07, 6.45) is 6.00. The molecule has 0 spiro atoms. The van der Waals surface area contributed by atoms with Gasteiger partial charge < -0.3 is 14.3 Å². The molecule has 108 valence electrons. The maximum atomic E-state index is 8.47. The van der Waals surface area contributed by atoms with Gasteiger partial charge >= 0.3 is 0 Å². The molecule has 0 amide bonds. The SMILES string of the molecule is C=Cc1ccnc(N(C)CCOPO)n1.CCCC. The Hall–Kier alpha value is -1.03. The third-order valence-electron chi connectivity index (χ3n) is 2.31. The van der Waals surface area contributed by atoms with Gasteiger partial charge in [-0.1, -0.05) is 33.3 Å². The molecule has 1 heterocycles. The minimum Gasteiger partial charge on any atom is -0.352 e. The van der Waals surface area contributed by atoms with Crippen molar-refractivity contribution >= 4 is 21.1 Å². The van der Waals surface area contributed by atoms with Crippen LogP contribution in [0.5, 0.6) is 0 Å². The number of hydrogen-bond donors (Lipinski definition) is 1. The number of anilines is 1. The van der Waals surface area contributed by atoms with E-state index >= 15 is 0 Å². The Bertz CT molecular complexity index is 348. The van der Waals surface area contributed by atoms with Crippen LogP contribution in [0.2, 0.25) is 0 Å². The van der Waals surface area contributed by atoms with Gasteiger partial charge in [0.25, 0.3) is 0 Å². The van der Waals surface area contributed by atoms with Crippen molar-refractivity contribution in [3.63, 3.8) is 0 Å². The van der Waals surface area contributed by atoms with E-state index in [0.717, 1.165) is 5.69 Å². The molecular formula is C13H24N3O2P. The fourth-order valence-corrected chi connectivity index (χ4v) is 1.17. The minimum absolute atomic E-state index is 0.452. The molecule has 1 unspecified atom stereocenters. The van der Waals surface area contributed by atoms with Crippen molar-refractivity contribution in [2.24, 2.45) is 0 Å². The second-order valence-electron chi connectivity index (χ2n) is 3.85. The van der Waals surface area contributed by atoms with Crippen LogP contribution in [0.3, 0.4) is 0 Å². The quantitative estimate of drug-likeness (QED) is 0.616. The predicted octanol–water partition coefficient (Wildman–Crippen LogP) is 2.88. The van der Waals surface area contributed by atoms with Crippen molar-refractivity contribution in [2.45, 2.75) is 26.7 Å². The van der Waals surface area contributed by atoms with Gasteiger partial charge in [-0.05, 0) is 12.1 Å². The average Bonchev–Trinajstić information content (AvgIpc) is 2.47. The Morgan fingerprint density at radius 3 is 2.68 bits per heavy atom. The van der Waals surface area contributed by atoms with Gasteiger partial charge in [0.2, 0.25) is 5.95 Å². The molecule has 0 saturated heterocycles. The minimum atomic E-state index is -0.471. The lowest BCUT2D eigenvalue weighted by molar-refractivity contribution is 0.333. The number of likely N-dealkylation sites (N-methyl/N-ethyl adjacent to an activating group) is 1. The maximum absolute atomic E-state index is 8.47. The monoisotopic (exact) mass is 285 g/mol. The van der Waals surface area contributed by atoms with E-state index in [0.29, 0.717) is 19.1 Å². The van der Waals surface area contributed by atoms with Crippen LogP contribution in [0.4, 0.5) is 5.95 Å². The Kier molecular flexibility index (Phi) is 11.4. The van der Waals surface area contributed by atoms with Gasteiger partial charge in [-0.15, -0.1) is 0 Å². The average molecular weight is 285 g/mol. The van der Waals surface area contributed by atoms with Crippen LogP contribution in [0.1, 0.15) is 32.4 Å². The molecule has 1 atom stereocenters. The molecule has 19 heavy (non-hydrogen) atoms. The fraction of sp³-hybridized carbons (Fsp3) is 0.538. The molecule has 1 rings (SSSR count). The standard InChI is InChI=1S/C9H14N3O2P.C4H10/c1-3-8-4-5-10-9(11-8)12(2)6-7-14-15-13;1-3-4-2/h3-5,13,15H,1,6-7H2,2H3;3-4H2,1-2H3. The van der Waals surface area contributed by atoms with Crippen LogP contribution in [0, 0.1) is 0 Å². The maximum Gasteiger partial charge on any atom is 0.225 e. The molecule has 0 aliphatic carbocycles. The molecule has 0 fully saturated rings. The van der Waals surface area contributed by atoms with Crippen molar-refractivity contribution in [3.05, 3.63) is 24.5 Å². The number of unbranched alkanes of at least 4 members (excludes halogenated alkanes) is 1. The molecule has 1 aromatic rings. The Balaban J connectivity index is 0.000000711. The lowest BCUT2D eigenvalue weighted by Gasteiger charge is -2.16. The first-order valence-corrected chi connectivity index (χ1v) is 7.22. The van der Waals surface area contributed by atoms with Crippen molar-refractivity contribution in [3.8, 4) is 0 Å². The third-order valence-corrected chi connectivity index (χ3v) is 2.64.